The fourth-order valence-corrected chi connectivity index (χ4v) is 5.42. The van der Waals surface area contributed by atoms with E-state index in [0.29, 0.717) is 60.5 Å². The van der Waals surface area contributed by atoms with Crippen molar-refractivity contribution in [1.29, 1.82) is 0 Å². The molecule has 8 nitrogen and oxygen atoms in total. The van der Waals surface area contributed by atoms with Gasteiger partial charge in [0.2, 0.25) is 5.91 Å². The fraction of sp³-hybridized carbons (Fsp3) is 0.381. The van der Waals surface area contributed by atoms with Crippen molar-refractivity contribution in [2.24, 2.45) is 0 Å². The molecule has 1 aromatic heterocycles. The van der Waals surface area contributed by atoms with Gasteiger partial charge in [-0.15, -0.1) is 11.3 Å². The number of benzene rings is 1. The SMILES string of the molecule is CN1CC(NC(=O)c2ccc(Br)s2)(C(=O)Nc2ccc(N3CCOCCC3=O)c(Cl)c2)C1. The lowest BCUT2D eigenvalue weighted by Crippen LogP contribution is -2.74. The Morgan fingerprint density at radius 2 is 2.00 bits per heavy atom. The first-order chi connectivity index (χ1) is 15.3. The van der Waals surface area contributed by atoms with Crippen LogP contribution in [0.25, 0.3) is 0 Å². The predicted molar refractivity (Wildman–Crippen MR) is 128 cm³/mol. The van der Waals surface area contributed by atoms with E-state index in [4.69, 9.17) is 16.3 Å². The molecular weight excluding hydrogens is 520 g/mol. The van der Waals surface area contributed by atoms with E-state index in [9.17, 15) is 14.4 Å². The predicted octanol–water partition coefficient (Wildman–Crippen LogP) is 2.97. The van der Waals surface area contributed by atoms with E-state index in [1.165, 1.54) is 11.3 Å². The molecule has 11 heteroatoms. The molecule has 2 fully saturated rings. The molecule has 2 N–H and O–H groups in total. The zero-order valence-electron chi connectivity index (χ0n) is 17.3. The van der Waals surface area contributed by atoms with Crippen molar-refractivity contribution in [1.82, 2.24) is 10.2 Å². The van der Waals surface area contributed by atoms with Crippen LogP contribution in [-0.2, 0) is 14.3 Å². The minimum absolute atomic E-state index is 0.0550. The lowest BCUT2D eigenvalue weighted by Gasteiger charge is -2.47. The highest BCUT2D eigenvalue weighted by Crippen LogP contribution is 2.31. The number of anilines is 2. The molecule has 32 heavy (non-hydrogen) atoms. The van der Waals surface area contributed by atoms with Gasteiger partial charge in [0, 0.05) is 25.3 Å². The fourth-order valence-electron chi connectivity index (χ4n) is 3.86. The van der Waals surface area contributed by atoms with Gasteiger partial charge in [-0.2, -0.15) is 0 Å². The molecule has 2 aliphatic rings. The quantitative estimate of drug-likeness (QED) is 0.607. The third-order valence-electron chi connectivity index (χ3n) is 5.38. The van der Waals surface area contributed by atoms with E-state index in [1.807, 2.05) is 11.9 Å². The second-order valence-corrected chi connectivity index (χ2v) is 10.7. The summed E-state index contributed by atoms with van der Waals surface area (Å²) in [5.41, 5.74) is 0.0325. The highest BCUT2D eigenvalue weighted by molar-refractivity contribution is 9.11. The number of carbonyl (C=O) groups is 3. The van der Waals surface area contributed by atoms with E-state index < -0.39 is 5.54 Å². The molecule has 0 spiro atoms. The Labute approximate surface area is 203 Å². The van der Waals surface area contributed by atoms with E-state index in [0.717, 1.165) is 3.79 Å². The lowest BCUT2D eigenvalue weighted by molar-refractivity contribution is -0.128. The molecule has 0 aliphatic carbocycles. The van der Waals surface area contributed by atoms with Gasteiger partial charge in [-0.25, -0.2) is 0 Å². The number of halogens is 2. The first kappa shape index (κ1) is 23.2. The number of nitrogens with one attached hydrogen (secondary N) is 2. The lowest BCUT2D eigenvalue weighted by atomic mass is 9.88. The van der Waals surface area contributed by atoms with E-state index >= 15 is 0 Å². The van der Waals surface area contributed by atoms with Crippen LogP contribution < -0.4 is 15.5 Å². The van der Waals surface area contributed by atoms with Crippen LogP contribution >= 0.6 is 38.9 Å². The smallest absolute Gasteiger partial charge is 0.262 e. The number of likely N-dealkylation sites (N-methyl/N-ethyl adjacent to an activating group) is 1. The van der Waals surface area contributed by atoms with Crippen LogP contribution in [0.3, 0.4) is 0 Å². The van der Waals surface area contributed by atoms with E-state index in [1.54, 1.807) is 35.2 Å². The number of amides is 3. The molecular formula is C21H22BrClN4O4S. The Morgan fingerprint density at radius 3 is 2.66 bits per heavy atom. The van der Waals surface area contributed by atoms with Gasteiger partial charge in [0.25, 0.3) is 11.8 Å². The van der Waals surface area contributed by atoms with Gasteiger partial charge < -0.3 is 25.2 Å². The first-order valence-electron chi connectivity index (χ1n) is 10.0. The van der Waals surface area contributed by atoms with E-state index in [2.05, 4.69) is 26.6 Å². The number of likely N-dealkylation sites (tertiary alicyclic amines) is 1. The van der Waals surface area contributed by atoms with Crippen LogP contribution in [-0.4, -0.2) is 68.1 Å². The van der Waals surface area contributed by atoms with Crippen molar-refractivity contribution >= 4 is 68.0 Å². The summed E-state index contributed by atoms with van der Waals surface area (Å²) in [4.78, 5) is 42.2. The van der Waals surface area contributed by atoms with Gasteiger partial charge in [-0.05, 0) is 53.3 Å². The van der Waals surface area contributed by atoms with Gasteiger partial charge in [-0.1, -0.05) is 11.6 Å². The molecule has 3 amide bonds. The van der Waals surface area contributed by atoms with Crippen LogP contribution in [0.4, 0.5) is 11.4 Å². The molecule has 2 aromatic rings. The van der Waals surface area contributed by atoms with Crippen molar-refractivity contribution in [3.8, 4) is 0 Å². The number of thiophene rings is 1. The molecule has 2 saturated heterocycles. The van der Waals surface area contributed by atoms with Crippen molar-refractivity contribution in [3.05, 3.63) is 44.0 Å². The van der Waals surface area contributed by atoms with Gasteiger partial charge in [0.05, 0.1) is 39.0 Å². The van der Waals surface area contributed by atoms with E-state index in [-0.39, 0.29) is 17.7 Å². The maximum Gasteiger partial charge on any atom is 0.262 e. The Hall–Kier alpha value is -1.98. The Bertz CT molecular complexity index is 1060. The molecule has 0 radical (unpaired) electrons. The number of ether oxygens (including phenoxy) is 1. The summed E-state index contributed by atoms with van der Waals surface area (Å²) in [5.74, 6) is -0.664. The maximum atomic E-state index is 13.1. The summed E-state index contributed by atoms with van der Waals surface area (Å²) < 4.78 is 6.20. The largest absolute Gasteiger partial charge is 0.379 e. The summed E-state index contributed by atoms with van der Waals surface area (Å²) >= 11 is 11.1. The number of hydrogen-bond acceptors (Lipinski definition) is 6. The van der Waals surface area contributed by atoms with Gasteiger partial charge >= 0.3 is 0 Å². The van der Waals surface area contributed by atoms with Crippen molar-refractivity contribution in [2.75, 3.05) is 50.1 Å². The van der Waals surface area contributed by atoms with Gasteiger partial charge in [0.15, 0.2) is 0 Å². The third kappa shape index (κ3) is 4.84. The highest BCUT2D eigenvalue weighted by Gasteiger charge is 2.49. The average Bonchev–Trinajstić information content (AvgIpc) is 3.05. The van der Waals surface area contributed by atoms with Crippen LogP contribution in [0, 0.1) is 0 Å². The maximum absolute atomic E-state index is 13.1. The monoisotopic (exact) mass is 540 g/mol. The standard InChI is InChI=1S/C21H22BrClN4O4S/c1-26-11-21(12-26,25-19(29)16-4-5-17(22)32-16)20(30)24-13-2-3-15(14(23)10-13)27-7-9-31-8-6-18(27)28/h2-5,10H,6-9,11-12H2,1H3,(H,24,30)(H,25,29). The minimum atomic E-state index is -1.04. The molecule has 0 atom stereocenters. The Balaban J connectivity index is 1.48. The molecule has 170 valence electrons. The van der Waals surface area contributed by atoms with Crippen molar-refractivity contribution < 1.29 is 19.1 Å². The summed E-state index contributed by atoms with van der Waals surface area (Å²) in [5, 5.41) is 6.11. The second kappa shape index (κ2) is 9.48. The summed E-state index contributed by atoms with van der Waals surface area (Å²) in [6.45, 7) is 2.05. The molecule has 0 unspecified atom stereocenters. The molecule has 3 heterocycles. The van der Waals surface area contributed by atoms with Crippen LogP contribution in [0.5, 0.6) is 0 Å². The Kier molecular flexibility index (Phi) is 6.87. The average molecular weight is 542 g/mol. The van der Waals surface area contributed by atoms with Gasteiger partial charge in [-0.3, -0.25) is 14.4 Å². The van der Waals surface area contributed by atoms with Crippen LogP contribution in [0.1, 0.15) is 16.1 Å². The summed E-state index contributed by atoms with van der Waals surface area (Å²) in [6, 6.07) is 8.53. The zero-order chi connectivity index (χ0) is 22.9. The number of rotatable bonds is 5. The summed E-state index contributed by atoms with van der Waals surface area (Å²) in [6.07, 6.45) is 0.297. The topological polar surface area (TPSA) is 91.0 Å². The second-order valence-electron chi connectivity index (χ2n) is 7.84. The zero-order valence-corrected chi connectivity index (χ0v) is 20.5. The first-order valence-corrected chi connectivity index (χ1v) is 12.0. The Morgan fingerprint density at radius 1 is 1.22 bits per heavy atom. The van der Waals surface area contributed by atoms with Crippen molar-refractivity contribution in [3.63, 3.8) is 0 Å². The van der Waals surface area contributed by atoms with Crippen molar-refractivity contribution in [2.45, 2.75) is 12.0 Å². The molecule has 1 aromatic carbocycles. The normalized spacial score (nSPS) is 18.6. The highest BCUT2D eigenvalue weighted by atomic mass is 79.9. The molecule has 4 rings (SSSR count). The number of nitrogens with zero attached hydrogens (tertiary/aromatic N) is 2. The molecule has 0 bridgehead atoms. The van der Waals surface area contributed by atoms with Gasteiger partial charge in [0.1, 0.15) is 5.54 Å². The molecule has 2 aliphatic heterocycles. The minimum Gasteiger partial charge on any atom is -0.379 e. The van der Waals surface area contributed by atoms with Crippen LogP contribution in [0.2, 0.25) is 5.02 Å². The van der Waals surface area contributed by atoms with Crippen LogP contribution in [0.15, 0.2) is 34.1 Å². The summed E-state index contributed by atoms with van der Waals surface area (Å²) in [7, 11) is 1.88. The number of carbonyl (C=O) groups excluding carboxylic acids is 3. The number of hydrogen-bond donors (Lipinski definition) is 2. The molecule has 0 saturated carbocycles. The third-order valence-corrected chi connectivity index (χ3v) is 7.31.